The number of nitriles is 1. The Labute approximate surface area is 148 Å². The average molecular weight is 338 g/mol. The van der Waals surface area contributed by atoms with Gasteiger partial charge in [-0.05, 0) is 25.0 Å². The highest BCUT2D eigenvalue weighted by Crippen LogP contribution is 2.28. The van der Waals surface area contributed by atoms with Crippen molar-refractivity contribution >= 4 is 11.4 Å². The Bertz CT molecular complexity index is 733. The quantitative estimate of drug-likeness (QED) is 0.903. The first-order chi connectivity index (χ1) is 12.2. The molecule has 0 bridgehead atoms. The Morgan fingerprint density at radius 2 is 1.96 bits per heavy atom. The molecule has 2 aromatic rings. The first kappa shape index (κ1) is 16.9. The van der Waals surface area contributed by atoms with Crippen LogP contribution >= 0.6 is 0 Å². The number of rotatable bonds is 5. The van der Waals surface area contributed by atoms with Gasteiger partial charge in [-0.3, -0.25) is 0 Å². The van der Waals surface area contributed by atoms with Crippen LogP contribution in [0.4, 0.5) is 11.4 Å². The van der Waals surface area contributed by atoms with Gasteiger partial charge in [-0.25, -0.2) is 4.98 Å². The van der Waals surface area contributed by atoms with Crippen LogP contribution in [0, 0.1) is 11.3 Å². The van der Waals surface area contributed by atoms with Crippen LogP contribution in [-0.4, -0.2) is 38.3 Å². The molecule has 1 fully saturated rings. The number of anilines is 2. The molecule has 1 aliphatic heterocycles. The SMILES string of the molecule is COc1cc(N[C@@H]2CCCN(c3ccc(C#N)nc3)C2)cc(OC)c1. The van der Waals surface area contributed by atoms with Crippen molar-refractivity contribution in [2.75, 3.05) is 37.5 Å². The molecule has 6 nitrogen and oxygen atoms in total. The fraction of sp³-hybridized carbons (Fsp3) is 0.368. The van der Waals surface area contributed by atoms with Gasteiger partial charge in [0.05, 0.1) is 26.1 Å². The van der Waals surface area contributed by atoms with Crippen LogP contribution in [0.3, 0.4) is 0 Å². The minimum Gasteiger partial charge on any atom is -0.497 e. The van der Waals surface area contributed by atoms with Gasteiger partial charge < -0.3 is 19.7 Å². The van der Waals surface area contributed by atoms with E-state index in [1.807, 2.05) is 24.3 Å². The number of hydrogen-bond donors (Lipinski definition) is 1. The molecule has 0 aliphatic carbocycles. The van der Waals surface area contributed by atoms with Gasteiger partial charge in [0.1, 0.15) is 23.3 Å². The number of hydrogen-bond acceptors (Lipinski definition) is 6. The first-order valence-electron chi connectivity index (χ1n) is 8.32. The Kier molecular flexibility index (Phi) is 5.24. The van der Waals surface area contributed by atoms with Crippen LogP contribution in [0.1, 0.15) is 18.5 Å². The largest absolute Gasteiger partial charge is 0.497 e. The maximum atomic E-state index is 8.87. The summed E-state index contributed by atoms with van der Waals surface area (Å²) in [6.45, 7) is 1.88. The summed E-state index contributed by atoms with van der Waals surface area (Å²) in [5.74, 6) is 1.54. The highest BCUT2D eigenvalue weighted by molar-refractivity contribution is 5.55. The molecule has 0 spiro atoms. The van der Waals surface area contributed by atoms with Crippen molar-refractivity contribution in [3.63, 3.8) is 0 Å². The van der Waals surface area contributed by atoms with E-state index in [0.29, 0.717) is 11.7 Å². The van der Waals surface area contributed by atoms with Crippen LogP contribution in [-0.2, 0) is 0 Å². The third-order valence-electron chi connectivity index (χ3n) is 4.37. The monoisotopic (exact) mass is 338 g/mol. The van der Waals surface area contributed by atoms with E-state index < -0.39 is 0 Å². The number of pyridine rings is 1. The molecular formula is C19H22N4O2. The van der Waals surface area contributed by atoms with Crippen LogP contribution in [0.2, 0.25) is 0 Å². The fourth-order valence-corrected chi connectivity index (χ4v) is 3.10. The van der Waals surface area contributed by atoms with Crippen molar-refractivity contribution in [2.45, 2.75) is 18.9 Å². The number of nitrogens with zero attached hydrogens (tertiary/aromatic N) is 3. The summed E-state index contributed by atoms with van der Waals surface area (Å²) in [6.07, 6.45) is 3.97. The average Bonchev–Trinajstić information content (AvgIpc) is 2.68. The van der Waals surface area contributed by atoms with E-state index in [4.69, 9.17) is 14.7 Å². The lowest BCUT2D eigenvalue weighted by molar-refractivity contribution is 0.394. The molecule has 0 radical (unpaired) electrons. The van der Waals surface area contributed by atoms with E-state index in [-0.39, 0.29) is 0 Å². The van der Waals surface area contributed by atoms with Gasteiger partial charge in [0, 0.05) is 43.0 Å². The molecule has 1 saturated heterocycles. The molecule has 2 heterocycles. The van der Waals surface area contributed by atoms with Gasteiger partial charge in [0.15, 0.2) is 0 Å². The molecule has 1 N–H and O–H groups in total. The first-order valence-corrected chi connectivity index (χ1v) is 8.32. The van der Waals surface area contributed by atoms with Crippen LogP contribution < -0.4 is 19.7 Å². The van der Waals surface area contributed by atoms with Gasteiger partial charge in [0.2, 0.25) is 0 Å². The Hall–Kier alpha value is -2.94. The maximum Gasteiger partial charge on any atom is 0.140 e. The number of piperidine rings is 1. The second kappa shape index (κ2) is 7.75. The highest BCUT2D eigenvalue weighted by atomic mass is 16.5. The molecule has 130 valence electrons. The van der Waals surface area contributed by atoms with Crippen LogP contribution in [0.5, 0.6) is 11.5 Å². The highest BCUT2D eigenvalue weighted by Gasteiger charge is 2.20. The third kappa shape index (κ3) is 4.13. The zero-order valence-electron chi connectivity index (χ0n) is 14.5. The van der Waals surface area contributed by atoms with Crippen LogP contribution in [0.25, 0.3) is 0 Å². The van der Waals surface area contributed by atoms with Crippen LogP contribution in [0.15, 0.2) is 36.5 Å². The number of aromatic nitrogens is 1. The summed E-state index contributed by atoms with van der Waals surface area (Å²) < 4.78 is 10.7. The fourth-order valence-electron chi connectivity index (χ4n) is 3.10. The van der Waals surface area contributed by atoms with E-state index in [1.165, 1.54) is 0 Å². The Morgan fingerprint density at radius 1 is 1.20 bits per heavy atom. The molecule has 0 amide bonds. The summed E-state index contributed by atoms with van der Waals surface area (Å²) in [7, 11) is 3.30. The molecule has 1 aromatic carbocycles. The summed E-state index contributed by atoms with van der Waals surface area (Å²) in [6, 6.07) is 11.9. The predicted octanol–water partition coefficient (Wildman–Crippen LogP) is 3.05. The van der Waals surface area contributed by atoms with Crippen molar-refractivity contribution in [3.8, 4) is 17.6 Å². The standard InChI is InChI=1S/C19H22N4O2/c1-24-18-8-16(9-19(10-18)25-2)22-15-4-3-7-23(13-15)17-6-5-14(11-20)21-12-17/h5-6,8-10,12,15,22H,3-4,7,13H2,1-2H3/t15-/m1/s1. The van der Waals surface area contributed by atoms with Gasteiger partial charge in [0.25, 0.3) is 0 Å². The zero-order chi connectivity index (χ0) is 17.6. The molecule has 25 heavy (non-hydrogen) atoms. The Balaban J connectivity index is 1.70. The normalized spacial score (nSPS) is 16.8. The molecule has 1 aliphatic rings. The van der Waals surface area contributed by atoms with Gasteiger partial charge >= 0.3 is 0 Å². The van der Waals surface area contributed by atoms with E-state index in [1.54, 1.807) is 26.5 Å². The topological polar surface area (TPSA) is 70.4 Å². The minimum absolute atomic E-state index is 0.321. The van der Waals surface area contributed by atoms with E-state index in [2.05, 4.69) is 21.3 Å². The Morgan fingerprint density at radius 3 is 2.56 bits per heavy atom. The van der Waals surface area contributed by atoms with Gasteiger partial charge in [-0.2, -0.15) is 5.26 Å². The maximum absolute atomic E-state index is 8.87. The number of methoxy groups -OCH3 is 2. The van der Waals surface area contributed by atoms with Crippen molar-refractivity contribution in [1.29, 1.82) is 5.26 Å². The summed E-state index contributed by atoms with van der Waals surface area (Å²) in [5.41, 5.74) is 2.48. The minimum atomic E-state index is 0.321. The van der Waals surface area contributed by atoms with Crippen molar-refractivity contribution in [3.05, 3.63) is 42.2 Å². The third-order valence-corrected chi connectivity index (χ3v) is 4.37. The zero-order valence-corrected chi connectivity index (χ0v) is 14.5. The number of benzene rings is 1. The number of nitrogens with one attached hydrogen (secondary N) is 1. The van der Waals surface area contributed by atoms with E-state index in [9.17, 15) is 0 Å². The van der Waals surface area contributed by atoms with Crippen molar-refractivity contribution < 1.29 is 9.47 Å². The second-order valence-electron chi connectivity index (χ2n) is 6.04. The summed E-state index contributed by atoms with van der Waals surface area (Å²) in [4.78, 5) is 6.47. The molecule has 3 rings (SSSR count). The predicted molar refractivity (Wildman–Crippen MR) is 97.4 cm³/mol. The molecular weight excluding hydrogens is 316 g/mol. The van der Waals surface area contributed by atoms with Crippen molar-refractivity contribution in [1.82, 2.24) is 4.98 Å². The summed E-state index contributed by atoms with van der Waals surface area (Å²) >= 11 is 0. The number of ether oxygens (including phenoxy) is 2. The van der Waals surface area contributed by atoms with Crippen molar-refractivity contribution in [2.24, 2.45) is 0 Å². The van der Waals surface area contributed by atoms with E-state index in [0.717, 1.165) is 48.8 Å². The lowest BCUT2D eigenvalue weighted by Crippen LogP contribution is -2.42. The lowest BCUT2D eigenvalue weighted by atomic mass is 10.0. The summed E-state index contributed by atoms with van der Waals surface area (Å²) in [5, 5.41) is 12.5. The lowest BCUT2D eigenvalue weighted by Gasteiger charge is -2.35. The molecule has 0 saturated carbocycles. The van der Waals surface area contributed by atoms with E-state index >= 15 is 0 Å². The smallest absolute Gasteiger partial charge is 0.140 e. The molecule has 1 atom stereocenters. The van der Waals surface area contributed by atoms with Gasteiger partial charge in [-0.15, -0.1) is 0 Å². The molecule has 0 unspecified atom stereocenters. The molecule has 1 aromatic heterocycles. The second-order valence-corrected chi connectivity index (χ2v) is 6.04. The molecule has 6 heteroatoms. The van der Waals surface area contributed by atoms with Gasteiger partial charge in [-0.1, -0.05) is 0 Å².